The SMILES string of the molecule is O=C(NC1(c2ccccc2)CCC1)N1CCC2(CCn3nc(-c4cnc5c(c4)CCC=C5)cc32)C1. The normalized spacial score (nSPS) is 23.7. The summed E-state index contributed by atoms with van der Waals surface area (Å²) >= 11 is 0. The highest BCUT2D eigenvalue weighted by Gasteiger charge is 2.48. The van der Waals surface area contributed by atoms with Gasteiger partial charge in [0.2, 0.25) is 0 Å². The van der Waals surface area contributed by atoms with Crippen molar-refractivity contribution in [3.05, 3.63) is 77.3 Å². The number of likely N-dealkylation sites (tertiary alicyclic amines) is 1. The van der Waals surface area contributed by atoms with Gasteiger partial charge in [0.05, 0.1) is 16.9 Å². The number of allylic oxidation sites excluding steroid dienone is 1. The zero-order chi connectivity index (χ0) is 23.5. The van der Waals surface area contributed by atoms with Crippen LogP contribution in [0.5, 0.6) is 0 Å². The third-order valence-corrected chi connectivity index (χ3v) is 8.80. The third-order valence-electron chi connectivity index (χ3n) is 8.80. The summed E-state index contributed by atoms with van der Waals surface area (Å²) in [5.41, 5.74) is 6.80. The van der Waals surface area contributed by atoms with Crippen molar-refractivity contribution in [1.82, 2.24) is 25.0 Å². The number of benzene rings is 1. The fourth-order valence-electron chi connectivity index (χ4n) is 6.56. The number of hydrogen-bond acceptors (Lipinski definition) is 3. The average Bonchev–Trinajstić information content (AvgIpc) is 3.58. The summed E-state index contributed by atoms with van der Waals surface area (Å²) in [7, 11) is 0. The van der Waals surface area contributed by atoms with E-state index in [-0.39, 0.29) is 17.0 Å². The van der Waals surface area contributed by atoms with Crippen LogP contribution in [0.3, 0.4) is 0 Å². The number of carbonyl (C=O) groups excluding carboxylic acids is 1. The van der Waals surface area contributed by atoms with E-state index in [0.717, 1.165) is 81.5 Å². The van der Waals surface area contributed by atoms with Gasteiger partial charge in [-0.3, -0.25) is 9.67 Å². The molecule has 35 heavy (non-hydrogen) atoms. The van der Waals surface area contributed by atoms with E-state index in [1.807, 2.05) is 17.2 Å². The van der Waals surface area contributed by atoms with Crippen molar-refractivity contribution in [3.63, 3.8) is 0 Å². The number of carbonyl (C=O) groups is 1. The predicted molar refractivity (Wildman–Crippen MR) is 136 cm³/mol. The number of amides is 2. The van der Waals surface area contributed by atoms with Gasteiger partial charge in [0.15, 0.2) is 0 Å². The number of pyridine rings is 1. The number of aromatic nitrogens is 3. The van der Waals surface area contributed by atoms with Gasteiger partial charge in [-0.25, -0.2) is 4.79 Å². The summed E-state index contributed by atoms with van der Waals surface area (Å²) in [6, 6.07) is 15.1. The molecule has 6 nitrogen and oxygen atoms in total. The molecule has 1 saturated heterocycles. The molecule has 3 aromatic rings. The Morgan fingerprint density at radius 3 is 2.71 bits per heavy atom. The van der Waals surface area contributed by atoms with E-state index < -0.39 is 0 Å². The van der Waals surface area contributed by atoms with Crippen LogP contribution in [0.25, 0.3) is 17.3 Å². The van der Waals surface area contributed by atoms with Gasteiger partial charge in [-0.1, -0.05) is 36.4 Å². The Labute approximate surface area is 206 Å². The molecule has 2 aliphatic carbocycles. The first-order valence-electron chi connectivity index (χ1n) is 13.0. The maximum atomic E-state index is 13.4. The van der Waals surface area contributed by atoms with E-state index in [4.69, 9.17) is 5.10 Å². The molecule has 1 saturated carbocycles. The Hall–Kier alpha value is -3.41. The molecular weight excluding hydrogens is 434 g/mol. The lowest BCUT2D eigenvalue weighted by Gasteiger charge is -2.44. The Morgan fingerprint density at radius 1 is 1.03 bits per heavy atom. The monoisotopic (exact) mass is 465 g/mol. The van der Waals surface area contributed by atoms with Crippen LogP contribution in [0.2, 0.25) is 0 Å². The van der Waals surface area contributed by atoms with Crippen molar-refractivity contribution in [3.8, 4) is 11.3 Å². The maximum absolute atomic E-state index is 13.4. The third kappa shape index (κ3) is 3.33. The zero-order valence-electron chi connectivity index (χ0n) is 20.0. The molecule has 2 amide bonds. The Bertz CT molecular complexity index is 1320. The van der Waals surface area contributed by atoms with Crippen LogP contribution in [-0.2, 0) is 23.9 Å². The van der Waals surface area contributed by atoms with Crippen LogP contribution in [0.1, 0.15) is 61.0 Å². The molecule has 1 aromatic carbocycles. The molecule has 4 aliphatic rings. The number of rotatable bonds is 3. The Kier molecular flexibility index (Phi) is 4.66. The van der Waals surface area contributed by atoms with Crippen LogP contribution >= 0.6 is 0 Å². The van der Waals surface area contributed by atoms with Crippen LogP contribution < -0.4 is 5.32 Å². The molecule has 7 rings (SSSR count). The quantitative estimate of drug-likeness (QED) is 0.589. The minimum atomic E-state index is -0.201. The highest BCUT2D eigenvalue weighted by atomic mass is 16.2. The minimum absolute atomic E-state index is 0.00644. The van der Waals surface area contributed by atoms with Crippen molar-refractivity contribution in [2.75, 3.05) is 13.1 Å². The van der Waals surface area contributed by atoms with Crippen LogP contribution in [-0.4, -0.2) is 38.8 Å². The zero-order valence-corrected chi connectivity index (χ0v) is 20.0. The molecule has 2 aromatic heterocycles. The minimum Gasteiger partial charge on any atom is -0.328 e. The average molecular weight is 466 g/mol. The first-order chi connectivity index (χ1) is 17.1. The fraction of sp³-hybridized carbons (Fsp3) is 0.414. The summed E-state index contributed by atoms with van der Waals surface area (Å²) in [4.78, 5) is 20.1. The molecule has 6 heteroatoms. The molecule has 0 radical (unpaired) electrons. The summed E-state index contributed by atoms with van der Waals surface area (Å²) in [6.45, 7) is 2.48. The summed E-state index contributed by atoms with van der Waals surface area (Å²) in [5, 5.41) is 8.39. The van der Waals surface area contributed by atoms with Gasteiger partial charge < -0.3 is 10.2 Å². The van der Waals surface area contributed by atoms with E-state index in [2.05, 4.69) is 63.5 Å². The highest BCUT2D eigenvalue weighted by molar-refractivity contribution is 5.76. The molecule has 1 spiro atoms. The van der Waals surface area contributed by atoms with Gasteiger partial charge in [0.25, 0.3) is 0 Å². The van der Waals surface area contributed by atoms with Gasteiger partial charge >= 0.3 is 6.03 Å². The fourth-order valence-corrected chi connectivity index (χ4v) is 6.56. The summed E-state index contributed by atoms with van der Waals surface area (Å²) in [6.07, 6.45) is 13.6. The molecule has 2 aliphatic heterocycles. The first kappa shape index (κ1) is 20.9. The van der Waals surface area contributed by atoms with Gasteiger partial charge in [-0.05, 0) is 74.3 Å². The maximum Gasteiger partial charge on any atom is 0.318 e. The topological polar surface area (TPSA) is 63.1 Å². The standard InChI is InChI=1S/C29H31N5O/c35-27(31-29(11-6-12-29)23-8-2-1-3-9-23)33-15-13-28(20-33)14-16-34-26(28)18-25(32-34)22-17-21-7-4-5-10-24(21)30-19-22/h1-3,5,8-10,17-19H,4,6-7,11-16,20H2,(H,31,35). The number of fused-ring (bicyclic) bond motifs is 3. The number of hydrogen-bond donors (Lipinski definition) is 1. The van der Waals surface area contributed by atoms with Crippen molar-refractivity contribution < 1.29 is 4.79 Å². The molecule has 0 bridgehead atoms. The van der Waals surface area contributed by atoms with Crippen LogP contribution in [0, 0.1) is 0 Å². The number of nitrogens with one attached hydrogen (secondary N) is 1. The van der Waals surface area contributed by atoms with Crippen molar-refractivity contribution in [2.24, 2.45) is 0 Å². The lowest BCUT2D eigenvalue weighted by atomic mass is 9.72. The number of nitrogens with zero attached hydrogens (tertiary/aromatic N) is 4. The Balaban J connectivity index is 1.11. The molecule has 2 fully saturated rings. The van der Waals surface area contributed by atoms with Crippen LogP contribution in [0.4, 0.5) is 4.79 Å². The predicted octanol–water partition coefficient (Wildman–Crippen LogP) is 5.04. The lowest BCUT2D eigenvalue weighted by molar-refractivity contribution is 0.154. The van der Waals surface area contributed by atoms with E-state index in [9.17, 15) is 4.79 Å². The van der Waals surface area contributed by atoms with Gasteiger partial charge in [0.1, 0.15) is 0 Å². The molecule has 4 heterocycles. The second-order valence-corrected chi connectivity index (χ2v) is 10.8. The molecule has 178 valence electrons. The van der Waals surface area contributed by atoms with Crippen LogP contribution in [0.15, 0.2) is 54.7 Å². The largest absolute Gasteiger partial charge is 0.328 e. The second kappa shape index (κ2) is 7.80. The molecule has 1 N–H and O–H groups in total. The smallest absolute Gasteiger partial charge is 0.318 e. The summed E-state index contributed by atoms with van der Waals surface area (Å²) in [5.74, 6) is 0. The van der Waals surface area contributed by atoms with Gasteiger partial charge in [-0.15, -0.1) is 0 Å². The molecular formula is C29H31N5O. The summed E-state index contributed by atoms with van der Waals surface area (Å²) < 4.78 is 2.17. The molecule has 1 atom stereocenters. The molecule has 1 unspecified atom stereocenters. The van der Waals surface area contributed by atoms with Gasteiger partial charge in [0, 0.05) is 42.5 Å². The van der Waals surface area contributed by atoms with E-state index in [1.54, 1.807) is 0 Å². The van der Waals surface area contributed by atoms with Crippen molar-refractivity contribution in [1.29, 1.82) is 0 Å². The number of urea groups is 1. The second-order valence-electron chi connectivity index (χ2n) is 10.8. The van der Waals surface area contributed by atoms with Crippen molar-refractivity contribution in [2.45, 2.75) is 62.4 Å². The van der Waals surface area contributed by atoms with Gasteiger partial charge in [-0.2, -0.15) is 5.10 Å². The lowest BCUT2D eigenvalue weighted by Crippen LogP contribution is -2.54. The van der Waals surface area contributed by atoms with E-state index in [1.165, 1.54) is 16.8 Å². The number of aryl methyl sites for hydroxylation is 2. The first-order valence-corrected chi connectivity index (χ1v) is 13.0. The highest BCUT2D eigenvalue weighted by Crippen LogP contribution is 2.45. The van der Waals surface area contributed by atoms with E-state index in [0.29, 0.717) is 0 Å². The van der Waals surface area contributed by atoms with E-state index >= 15 is 0 Å². The Morgan fingerprint density at radius 2 is 1.89 bits per heavy atom. The van der Waals surface area contributed by atoms with Crippen molar-refractivity contribution >= 4 is 12.1 Å².